The molecule has 0 aromatic heterocycles. The number of ether oxygens (including phenoxy) is 1. The summed E-state index contributed by atoms with van der Waals surface area (Å²) in [4.78, 5) is 10.7. The van der Waals surface area contributed by atoms with Crippen LogP contribution in [-0.4, -0.2) is 12.5 Å². The summed E-state index contributed by atoms with van der Waals surface area (Å²) in [5, 5.41) is 0.590. The molecule has 70 valence electrons. The summed E-state index contributed by atoms with van der Waals surface area (Å²) in [6.45, 7) is 0.0696. The Balaban J connectivity index is 2.54. The molecule has 0 aliphatic rings. The van der Waals surface area contributed by atoms with Gasteiger partial charge in [-0.3, -0.25) is 4.79 Å². The summed E-state index contributed by atoms with van der Waals surface area (Å²) in [5.41, 5.74) is 5.85. The minimum Gasteiger partial charge on any atom is -0.460 e. The van der Waals surface area contributed by atoms with Gasteiger partial charge in [-0.25, -0.2) is 0 Å². The van der Waals surface area contributed by atoms with Crippen LogP contribution < -0.4 is 5.73 Å². The first kappa shape index (κ1) is 10.0. The quantitative estimate of drug-likeness (QED) is 0.748. The molecule has 0 unspecified atom stereocenters. The van der Waals surface area contributed by atoms with E-state index in [4.69, 9.17) is 22.1 Å². The molecule has 1 aromatic rings. The van der Waals surface area contributed by atoms with Gasteiger partial charge in [-0.1, -0.05) is 29.8 Å². The fraction of sp³-hybridized carbons (Fsp3) is 0.222. The minimum absolute atomic E-state index is 0.107. The third-order valence-corrected chi connectivity index (χ3v) is 1.88. The third-order valence-electron chi connectivity index (χ3n) is 1.51. The Morgan fingerprint density at radius 3 is 2.77 bits per heavy atom. The number of carbonyl (C=O) groups is 1. The van der Waals surface area contributed by atoms with Crippen LogP contribution in [0, 0.1) is 0 Å². The van der Waals surface area contributed by atoms with Crippen molar-refractivity contribution in [3.63, 3.8) is 0 Å². The number of hydrogen-bond acceptors (Lipinski definition) is 3. The van der Waals surface area contributed by atoms with Crippen LogP contribution in [0.4, 0.5) is 0 Å². The zero-order valence-corrected chi connectivity index (χ0v) is 7.75. The van der Waals surface area contributed by atoms with Crippen LogP contribution in [0.25, 0.3) is 0 Å². The zero-order chi connectivity index (χ0) is 9.68. The van der Waals surface area contributed by atoms with Crippen molar-refractivity contribution in [2.75, 3.05) is 6.54 Å². The van der Waals surface area contributed by atoms with E-state index >= 15 is 0 Å². The topological polar surface area (TPSA) is 52.3 Å². The van der Waals surface area contributed by atoms with E-state index in [9.17, 15) is 4.79 Å². The molecule has 0 aliphatic heterocycles. The van der Waals surface area contributed by atoms with Crippen molar-refractivity contribution in [3.05, 3.63) is 34.9 Å². The molecule has 0 atom stereocenters. The number of esters is 1. The largest absolute Gasteiger partial charge is 0.460 e. The van der Waals surface area contributed by atoms with Crippen LogP contribution in [0.15, 0.2) is 24.3 Å². The molecule has 0 spiro atoms. The zero-order valence-electron chi connectivity index (χ0n) is 7.00. The number of halogens is 1. The summed E-state index contributed by atoms with van der Waals surface area (Å²) < 4.78 is 4.81. The summed E-state index contributed by atoms with van der Waals surface area (Å²) in [6.07, 6.45) is 0. The van der Waals surface area contributed by atoms with E-state index in [-0.39, 0.29) is 13.2 Å². The molecule has 0 saturated carbocycles. The van der Waals surface area contributed by atoms with Gasteiger partial charge in [0.25, 0.3) is 0 Å². The maximum absolute atomic E-state index is 10.7. The van der Waals surface area contributed by atoms with Crippen molar-refractivity contribution in [2.45, 2.75) is 6.61 Å². The van der Waals surface area contributed by atoms with Gasteiger partial charge in [0.05, 0.1) is 6.54 Å². The highest BCUT2D eigenvalue weighted by Crippen LogP contribution is 2.15. The highest BCUT2D eigenvalue weighted by atomic mass is 35.5. The molecule has 1 rings (SSSR count). The molecule has 4 heteroatoms. The molecular formula is C9H10ClNO2. The van der Waals surface area contributed by atoms with Gasteiger partial charge in [0, 0.05) is 10.6 Å². The molecule has 0 bridgehead atoms. The SMILES string of the molecule is NCC(=O)OCc1ccccc1Cl. The molecule has 0 heterocycles. The van der Waals surface area contributed by atoms with Crippen molar-refractivity contribution < 1.29 is 9.53 Å². The van der Waals surface area contributed by atoms with Crippen LogP contribution in [0.3, 0.4) is 0 Å². The Bertz CT molecular complexity index is 301. The second-order valence-electron chi connectivity index (χ2n) is 2.46. The van der Waals surface area contributed by atoms with E-state index in [0.29, 0.717) is 5.02 Å². The number of benzene rings is 1. The molecule has 0 saturated heterocycles. The van der Waals surface area contributed by atoms with Gasteiger partial charge in [-0.05, 0) is 6.07 Å². The number of hydrogen-bond donors (Lipinski definition) is 1. The van der Waals surface area contributed by atoms with Crippen molar-refractivity contribution in [2.24, 2.45) is 5.73 Å². The molecule has 2 N–H and O–H groups in total. The maximum atomic E-state index is 10.7. The normalized spacial score (nSPS) is 9.69. The summed E-state index contributed by atoms with van der Waals surface area (Å²) >= 11 is 5.83. The molecule has 13 heavy (non-hydrogen) atoms. The Morgan fingerprint density at radius 2 is 2.15 bits per heavy atom. The van der Waals surface area contributed by atoms with Gasteiger partial charge < -0.3 is 10.5 Å². The Hall–Kier alpha value is -1.06. The highest BCUT2D eigenvalue weighted by molar-refractivity contribution is 6.31. The first-order chi connectivity index (χ1) is 6.24. The van der Waals surface area contributed by atoms with Gasteiger partial charge in [0.1, 0.15) is 6.61 Å². The first-order valence-electron chi connectivity index (χ1n) is 3.83. The lowest BCUT2D eigenvalue weighted by Crippen LogP contribution is -2.16. The lowest BCUT2D eigenvalue weighted by molar-refractivity contribution is -0.143. The van der Waals surface area contributed by atoms with Crippen LogP contribution >= 0.6 is 11.6 Å². The Morgan fingerprint density at radius 1 is 1.46 bits per heavy atom. The van der Waals surface area contributed by atoms with Crippen LogP contribution in [0.5, 0.6) is 0 Å². The number of rotatable bonds is 3. The average Bonchev–Trinajstić information content (AvgIpc) is 2.16. The van der Waals surface area contributed by atoms with E-state index in [2.05, 4.69) is 0 Å². The van der Waals surface area contributed by atoms with Crippen LogP contribution in [0.1, 0.15) is 5.56 Å². The fourth-order valence-electron chi connectivity index (χ4n) is 0.833. The predicted octanol–water partition coefficient (Wildman–Crippen LogP) is 1.34. The maximum Gasteiger partial charge on any atom is 0.320 e. The van der Waals surface area contributed by atoms with Gasteiger partial charge >= 0.3 is 5.97 Å². The first-order valence-corrected chi connectivity index (χ1v) is 4.21. The van der Waals surface area contributed by atoms with E-state index in [1.807, 2.05) is 12.1 Å². The Labute approximate surface area is 81.4 Å². The van der Waals surface area contributed by atoms with E-state index in [1.54, 1.807) is 12.1 Å². The molecule has 0 aliphatic carbocycles. The number of nitrogens with two attached hydrogens (primary N) is 1. The van der Waals surface area contributed by atoms with Gasteiger partial charge in [0.15, 0.2) is 0 Å². The minimum atomic E-state index is -0.431. The van der Waals surface area contributed by atoms with E-state index < -0.39 is 5.97 Å². The molecule has 0 fully saturated rings. The highest BCUT2D eigenvalue weighted by Gasteiger charge is 2.02. The Kier molecular flexibility index (Phi) is 3.73. The van der Waals surface area contributed by atoms with Crippen molar-refractivity contribution in [1.82, 2.24) is 0 Å². The average molecular weight is 200 g/mol. The molecule has 0 amide bonds. The van der Waals surface area contributed by atoms with Gasteiger partial charge in [-0.15, -0.1) is 0 Å². The molecule has 1 aromatic carbocycles. The third kappa shape index (κ3) is 3.05. The smallest absolute Gasteiger partial charge is 0.320 e. The second-order valence-corrected chi connectivity index (χ2v) is 2.86. The predicted molar refractivity (Wildman–Crippen MR) is 50.3 cm³/mol. The van der Waals surface area contributed by atoms with Crippen molar-refractivity contribution >= 4 is 17.6 Å². The molecule has 3 nitrogen and oxygen atoms in total. The lowest BCUT2D eigenvalue weighted by atomic mass is 10.2. The van der Waals surface area contributed by atoms with Gasteiger partial charge in [0.2, 0.25) is 0 Å². The number of carbonyl (C=O) groups excluding carboxylic acids is 1. The summed E-state index contributed by atoms with van der Waals surface area (Å²) in [5.74, 6) is -0.431. The fourth-order valence-corrected chi connectivity index (χ4v) is 1.02. The standard InChI is InChI=1S/C9H10ClNO2/c10-8-4-2-1-3-7(8)6-13-9(12)5-11/h1-4H,5-6,11H2. The lowest BCUT2D eigenvalue weighted by Gasteiger charge is -2.04. The molecular weight excluding hydrogens is 190 g/mol. The van der Waals surface area contributed by atoms with E-state index in [0.717, 1.165) is 5.56 Å². The van der Waals surface area contributed by atoms with Crippen LogP contribution in [-0.2, 0) is 16.1 Å². The monoisotopic (exact) mass is 199 g/mol. The molecule has 0 radical (unpaired) electrons. The van der Waals surface area contributed by atoms with Crippen molar-refractivity contribution in [1.29, 1.82) is 0 Å². The van der Waals surface area contributed by atoms with Crippen LogP contribution in [0.2, 0.25) is 5.02 Å². The van der Waals surface area contributed by atoms with Gasteiger partial charge in [-0.2, -0.15) is 0 Å². The summed E-state index contributed by atoms with van der Waals surface area (Å²) in [6, 6.07) is 7.19. The van der Waals surface area contributed by atoms with E-state index in [1.165, 1.54) is 0 Å². The second kappa shape index (κ2) is 4.84. The van der Waals surface area contributed by atoms with Crippen molar-refractivity contribution in [3.8, 4) is 0 Å². The summed E-state index contributed by atoms with van der Waals surface area (Å²) in [7, 11) is 0.